The number of ether oxygens (including phenoxy) is 1. The van der Waals surface area contributed by atoms with Crippen molar-refractivity contribution in [2.75, 3.05) is 13.2 Å². The van der Waals surface area contributed by atoms with Gasteiger partial charge in [-0.1, -0.05) is 11.6 Å². The molecule has 1 aliphatic rings. The molecule has 108 valence electrons. The number of aromatic nitrogens is 1. The number of hydrogen-bond acceptors (Lipinski definition) is 5. The van der Waals surface area contributed by atoms with E-state index < -0.39 is 16.4 Å². The van der Waals surface area contributed by atoms with E-state index in [4.69, 9.17) is 16.3 Å². The highest BCUT2D eigenvalue weighted by atomic mass is 35.5. The number of amides is 1. The van der Waals surface area contributed by atoms with Crippen LogP contribution in [0.25, 0.3) is 0 Å². The molecule has 0 aliphatic carbocycles. The lowest BCUT2D eigenvalue weighted by Crippen LogP contribution is -2.49. The summed E-state index contributed by atoms with van der Waals surface area (Å²) in [6.07, 6.45) is 2.38. The van der Waals surface area contributed by atoms with Crippen molar-refractivity contribution < 1.29 is 14.5 Å². The largest absolute Gasteiger partial charge is 0.381 e. The van der Waals surface area contributed by atoms with Crippen LogP contribution in [0.1, 0.15) is 30.1 Å². The van der Waals surface area contributed by atoms with E-state index >= 15 is 0 Å². The maximum Gasteiger partial charge on any atom is 0.288 e. The van der Waals surface area contributed by atoms with E-state index in [2.05, 4.69) is 10.3 Å². The van der Waals surface area contributed by atoms with Gasteiger partial charge in [0.1, 0.15) is 11.3 Å². The van der Waals surface area contributed by atoms with Crippen molar-refractivity contribution in [3.63, 3.8) is 0 Å². The third kappa shape index (κ3) is 3.23. The first-order valence-corrected chi connectivity index (χ1v) is 6.49. The summed E-state index contributed by atoms with van der Waals surface area (Å²) in [6.45, 7) is 3.04. The molecular weight excluding hydrogens is 286 g/mol. The summed E-state index contributed by atoms with van der Waals surface area (Å²) in [4.78, 5) is 26.0. The molecule has 1 amide bonds. The maximum absolute atomic E-state index is 12.2. The summed E-state index contributed by atoms with van der Waals surface area (Å²) in [5.41, 5.74) is -0.659. The molecule has 0 unspecified atom stereocenters. The molecule has 8 heteroatoms. The second-order valence-electron chi connectivity index (χ2n) is 4.92. The van der Waals surface area contributed by atoms with Gasteiger partial charge in [0.2, 0.25) is 0 Å². The van der Waals surface area contributed by atoms with E-state index in [1.165, 1.54) is 0 Å². The highest BCUT2D eigenvalue weighted by Gasteiger charge is 2.30. The fourth-order valence-corrected chi connectivity index (χ4v) is 2.17. The van der Waals surface area contributed by atoms with Crippen molar-refractivity contribution >= 4 is 23.2 Å². The number of nitrogens with zero attached hydrogens (tertiary/aromatic N) is 2. The minimum Gasteiger partial charge on any atom is -0.381 e. The fourth-order valence-electron chi connectivity index (χ4n) is 1.98. The van der Waals surface area contributed by atoms with Gasteiger partial charge in [0.15, 0.2) is 0 Å². The van der Waals surface area contributed by atoms with Gasteiger partial charge in [0.25, 0.3) is 11.6 Å². The third-order valence-corrected chi connectivity index (χ3v) is 3.59. The first-order chi connectivity index (χ1) is 9.41. The zero-order chi connectivity index (χ0) is 14.8. The van der Waals surface area contributed by atoms with Crippen LogP contribution < -0.4 is 5.32 Å². The first-order valence-electron chi connectivity index (χ1n) is 6.11. The van der Waals surface area contributed by atoms with Crippen LogP contribution in [-0.4, -0.2) is 34.6 Å². The van der Waals surface area contributed by atoms with Gasteiger partial charge >= 0.3 is 0 Å². The Morgan fingerprint density at radius 1 is 1.55 bits per heavy atom. The Morgan fingerprint density at radius 2 is 2.20 bits per heavy atom. The van der Waals surface area contributed by atoms with E-state index in [0.717, 1.165) is 12.3 Å². The van der Waals surface area contributed by atoms with Gasteiger partial charge in [-0.25, -0.2) is 4.98 Å². The lowest BCUT2D eigenvalue weighted by Gasteiger charge is -2.34. The summed E-state index contributed by atoms with van der Waals surface area (Å²) in [5.74, 6) is -0.462. The fraction of sp³-hybridized carbons (Fsp3) is 0.500. The summed E-state index contributed by atoms with van der Waals surface area (Å²) < 4.78 is 5.25. The summed E-state index contributed by atoms with van der Waals surface area (Å²) >= 11 is 5.84. The predicted molar refractivity (Wildman–Crippen MR) is 71.8 cm³/mol. The normalized spacial score (nSPS) is 17.5. The Labute approximate surface area is 120 Å². The van der Waals surface area contributed by atoms with Gasteiger partial charge in [-0.05, 0) is 19.8 Å². The zero-order valence-electron chi connectivity index (χ0n) is 10.9. The molecule has 1 aromatic heterocycles. The number of nitrogens with one attached hydrogen (secondary N) is 1. The molecule has 1 N–H and O–H groups in total. The second kappa shape index (κ2) is 5.72. The SMILES string of the molecule is CC1(NC(=O)c2cc([N+](=O)[O-])cnc2Cl)CCOCC1. The van der Waals surface area contributed by atoms with E-state index in [-0.39, 0.29) is 16.4 Å². The Bertz CT molecular complexity index is 544. The summed E-state index contributed by atoms with van der Waals surface area (Å²) in [6, 6.07) is 1.13. The van der Waals surface area contributed by atoms with Crippen molar-refractivity contribution in [1.29, 1.82) is 0 Å². The molecule has 0 bridgehead atoms. The van der Waals surface area contributed by atoms with Crippen LogP contribution in [0, 0.1) is 10.1 Å². The van der Waals surface area contributed by atoms with Crippen molar-refractivity contribution in [3.05, 3.63) is 33.1 Å². The molecule has 2 heterocycles. The minimum atomic E-state index is -0.615. The Balaban J connectivity index is 2.20. The van der Waals surface area contributed by atoms with Crippen LogP contribution in [0.4, 0.5) is 5.69 Å². The number of hydrogen-bond donors (Lipinski definition) is 1. The topological polar surface area (TPSA) is 94.4 Å². The highest BCUT2D eigenvalue weighted by molar-refractivity contribution is 6.32. The lowest BCUT2D eigenvalue weighted by atomic mass is 9.92. The Morgan fingerprint density at radius 3 is 2.80 bits per heavy atom. The quantitative estimate of drug-likeness (QED) is 0.523. The van der Waals surface area contributed by atoms with Crippen molar-refractivity contribution in [3.8, 4) is 0 Å². The zero-order valence-corrected chi connectivity index (χ0v) is 11.6. The second-order valence-corrected chi connectivity index (χ2v) is 5.27. The molecule has 1 aromatic rings. The Kier molecular flexibility index (Phi) is 4.20. The Hall–Kier alpha value is -1.73. The van der Waals surface area contributed by atoms with Gasteiger partial charge in [-0.15, -0.1) is 0 Å². The van der Waals surface area contributed by atoms with Crippen molar-refractivity contribution in [1.82, 2.24) is 10.3 Å². The van der Waals surface area contributed by atoms with E-state index in [1.54, 1.807) is 0 Å². The monoisotopic (exact) mass is 299 g/mol. The molecule has 0 saturated carbocycles. The predicted octanol–water partition coefficient (Wildman–Crippen LogP) is 1.94. The molecule has 0 radical (unpaired) electrons. The molecule has 0 spiro atoms. The molecule has 1 aliphatic heterocycles. The molecule has 7 nitrogen and oxygen atoms in total. The van der Waals surface area contributed by atoms with Gasteiger partial charge in [-0.3, -0.25) is 14.9 Å². The third-order valence-electron chi connectivity index (χ3n) is 3.29. The molecule has 0 atom stereocenters. The number of nitro groups is 1. The standard InChI is InChI=1S/C12H14ClN3O4/c1-12(2-4-20-5-3-12)15-11(17)9-6-8(16(18)19)7-14-10(9)13/h6-7H,2-5H2,1H3,(H,15,17). The smallest absolute Gasteiger partial charge is 0.288 e. The molecule has 0 aromatic carbocycles. The maximum atomic E-state index is 12.2. The number of halogens is 1. The van der Waals surface area contributed by atoms with Crippen LogP contribution in [0.5, 0.6) is 0 Å². The van der Waals surface area contributed by atoms with Crippen LogP contribution in [0.2, 0.25) is 5.15 Å². The van der Waals surface area contributed by atoms with Crippen molar-refractivity contribution in [2.24, 2.45) is 0 Å². The molecule has 1 saturated heterocycles. The molecule has 20 heavy (non-hydrogen) atoms. The number of pyridine rings is 1. The average Bonchev–Trinajstić information content (AvgIpc) is 2.39. The van der Waals surface area contributed by atoms with Gasteiger partial charge in [0.05, 0.1) is 10.5 Å². The number of rotatable bonds is 3. The van der Waals surface area contributed by atoms with Gasteiger partial charge in [-0.2, -0.15) is 0 Å². The number of carbonyl (C=O) groups excluding carboxylic acids is 1. The van der Waals surface area contributed by atoms with Crippen LogP contribution in [-0.2, 0) is 4.74 Å². The van der Waals surface area contributed by atoms with E-state index in [1.807, 2.05) is 6.92 Å². The minimum absolute atomic E-state index is 0.00795. The van der Waals surface area contributed by atoms with Crippen LogP contribution >= 0.6 is 11.6 Å². The lowest BCUT2D eigenvalue weighted by molar-refractivity contribution is -0.385. The highest BCUT2D eigenvalue weighted by Crippen LogP contribution is 2.23. The van der Waals surface area contributed by atoms with Gasteiger partial charge in [0, 0.05) is 24.8 Å². The van der Waals surface area contributed by atoms with E-state index in [0.29, 0.717) is 26.1 Å². The summed E-state index contributed by atoms with van der Waals surface area (Å²) in [5, 5.41) is 13.5. The number of carbonyl (C=O) groups is 1. The van der Waals surface area contributed by atoms with Gasteiger partial charge < -0.3 is 10.1 Å². The molecular formula is C12H14ClN3O4. The van der Waals surface area contributed by atoms with E-state index in [9.17, 15) is 14.9 Å². The molecule has 1 fully saturated rings. The first kappa shape index (κ1) is 14.7. The molecule has 2 rings (SSSR count). The van der Waals surface area contributed by atoms with Crippen LogP contribution in [0.15, 0.2) is 12.3 Å². The van der Waals surface area contributed by atoms with Crippen molar-refractivity contribution in [2.45, 2.75) is 25.3 Å². The summed E-state index contributed by atoms with van der Waals surface area (Å²) in [7, 11) is 0. The average molecular weight is 300 g/mol. The van der Waals surface area contributed by atoms with Crippen LogP contribution in [0.3, 0.4) is 0 Å².